The van der Waals surface area contributed by atoms with Gasteiger partial charge in [-0.1, -0.05) is 57.2 Å². The summed E-state index contributed by atoms with van der Waals surface area (Å²) in [5, 5.41) is 8.81. The molecule has 1 atom stereocenters. The molecule has 4 N–H and O–H groups in total. The number of nitrogens with zero attached hydrogens (tertiary/aromatic N) is 2. The van der Waals surface area contributed by atoms with Gasteiger partial charge in [-0.3, -0.25) is 10.0 Å². The first-order chi connectivity index (χ1) is 12.8. The van der Waals surface area contributed by atoms with E-state index in [0.29, 0.717) is 12.4 Å². The molecule has 6 nitrogen and oxygen atoms in total. The fourth-order valence-electron chi connectivity index (χ4n) is 3.12. The summed E-state index contributed by atoms with van der Waals surface area (Å²) in [6, 6.07) is 15.5. The number of hydroxylamine groups is 1. The summed E-state index contributed by atoms with van der Waals surface area (Å²) in [5.74, 6) is 0.0929. The highest BCUT2D eigenvalue weighted by atomic mass is 16.5. The predicted molar refractivity (Wildman–Crippen MR) is 106 cm³/mol. The first-order valence-corrected chi connectivity index (χ1v) is 9.02. The fraction of sp³-hybridized carbons (Fsp3) is 0.333. The zero-order valence-electron chi connectivity index (χ0n) is 15.9. The number of amides is 1. The number of aromatic nitrogens is 2. The van der Waals surface area contributed by atoms with Gasteiger partial charge < -0.3 is 10.3 Å². The average molecular weight is 366 g/mol. The van der Waals surface area contributed by atoms with Crippen LogP contribution in [0, 0.1) is 0 Å². The van der Waals surface area contributed by atoms with Crippen LogP contribution in [0.2, 0.25) is 0 Å². The molecule has 1 unspecified atom stereocenters. The van der Waals surface area contributed by atoms with Crippen molar-refractivity contribution in [3.8, 4) is 0 Å². The van der Waals surface area contributed by atoms with Crippen LogP contribution in [0.3, 0.4) is 0 Å². The van der Waals surface area contributed by atoms with Gasteiger partial charge in [-0.15, -0.1) is 0 Å². The number of carbonyl (C=O) groups is 1. The Labute approximate surface area is 159 Å². The minimum Gasteiger partial charge on any atom is -0.323 e. The van der Waals surface area contributed by atoms with Crippen LogP contribution in [-0.4, -0.2) is 26.7 Å². The van der Waals surface area contributed by atoms with Crippen LogP contribution >= 0.6 is 0 Å². The van der Waals surface area contributed by atoms with Crippen LogP contribution in [0.1, 0.15) is 37.7 Å². The van der Waals surface area contributed by atoms with Gasteiger partial charge in [0.05, 0.1) is 17.1 Å². The fourth-order valence-corrected chi connectivity index (χ4v) is 3.12. The van der Waals surface area contributed by atoms with Gasteiger partial charge in [0.25, 0.3) is 5.91 Å². The van der Waals surface area contributed by atoms with E-state index in [9.17, 15) is 4.79 Å². The van der Waals surface area contributed by atoms with Gasteiger partial charge >= 0.3 is 0 Å². The van der Waals surface area contributed by atoms with Gasteiger partial charge in [-0.2, -0.15) is 0 Å². The minimum atomic E-state index is -0.867. The minimum absolute atomic E-state index is 0.107. The summed E-state index contributed by atoms with van der Waals surface area (Å²) in [5.41, 5.74) is 11.9. The molecule has 0 aliphatic heterocycles. The lowest BCUT2D eigenvalue weighted by Crippen LogP contribution is -2.41. The summed E-state index contributed by atoms with van der Waals surface area (Å²) in [6.07, 6.45) is 0.237. The Morgan fingerprint density at radius 3 is 2.48 bits per heavy atom. The monoisotopic (exact) mass is 366 g/mol. The van der Waals surface area contributed by atoms with Gasteiger partial charge in [0.1, 0.15) is 5.82 Å². The van der Waals surface area contributed by atoms with Crippen molar-refractivity contribution in [1.82, 2.24) is 15.0 Å². The average Bonchev–Trinajstić information content (AvgIpc) is 2.98. The van der Waals surface area contributed by atoms with E-state index in [1.165, 1.54) is 5.56 Å². The second kappa shape index (κ2) is 7.50. The van der Waals surface area contributed by atoms with E-state index in [-0.39, 0.29) is 11.8 Å². The molecule has 142 valence electrons. The van der Waals surface area contributed by atoms with Gasteiger partial charge in [-0.05, 0) is 28.7 Å². The lowest BCUT2D eigenvalue weighted by molar-refractivity contribution is -0.130. The maximum Gasteiger partial charge on any atom is 0.260 e. The number of carbonyl (C=O) groups excluding carboxylic acids is 1. The van der Waals surface area contributed by atoms with Crippen molar-refractivity contribution in [1.29, 1.82) is 0 Å². The van der Waals surface area contributed by atoms with Crippen LogP contribution in [-0.2, 0) is 23.2 Å². The summed E-state index contributed by atoms with van der Waals surface area (Å²) >= 11 is 0. The zero-order chi connectivity index (χ0) is 19.6. The molecule has 1 heterocycles. The first kappa shape index (κ1) is 19.1. The number of fused-ring (bicyclic) bond motifs is 1. The van der Waals surface area contributed by atoms with Gasteiger partial charge in [0.15, 0.2) is 0 Å². The highest BCUT2D eigenvalue weighted by Crippen LogP contribution is 2.24. The smallest absolute Gasteiger partial charge is 0.260 e. The maximum absolute atomic E-state index is 11.6. The Hall–Kier alpha value is -2.70. The number of hydrogen-bond acceptors (Lipinski definition) is 4. The van der Waals surface area contributed by atoms with Crippen LogP contribution < -0.4 is 11.2 Å². The Kier molecular flexibility index (Phi) is 5.30. The number of imidazole rings is 1. The molecule has 27 heavy (non-hydrogen) atoms. The molecule has 0 bridgehead atoms. The standard InChI is InChI=1S/C21H26N4O2/c1-21(2,3)15-10-8-14(9-11-15)13-25-18-7-5-4-6-17(18)23-19(25)12-16(22)20(26)24-27/h4-11,16,27H,12-13,22H2,1-3H3,(H,24,26). The number of benzene rings is 2. The van der Waals surface area contributed by atoms with Crippen molar-refractivity contribution >= 4 is 16.9 Å². The van der Waals surface area contributed by atoms with E-state index < -0.39 is 11.9 Å². The molecule has 1 amide bonds. The SMILES string of the molecule is CC(C)(C)c1ccc(Cn2c(CC(N)C(=O)NO)nc3ccccc32)cc1. The molecule has 0 aliphatic carbocycles. The molecule has 0 spiro atoms. The van der Waals surface area contributed by atoms with Gasteiger partial charge in [0, 0.05) is 13.0 Å². The van der Waals surface area contributed by atoms with E-state index in [1.807, 2.05) is 24.3 Å². The van der Waals surface area contributed by atoms with Crippen molar-refractivity contribution in [3.63, 3.8) is 0 Å². The van der Waals surface area contributed by atoms with E-state index in [4.69, 9.17) is 10.9 Å². The van der Waals surface area contributed by atoms with Crippen molar-refractivity contribution < 1.29 is 10.0 Å². The van der Waals surface area contributed by atoms with Gasteiger partial charge in [-0.25, -0.2) is 10.5 Å². The van der Waals surface area contributed by atoms with E-state index >= 15 is 0 Å². The zero-order valence-corrected chi connectivity index (χ0v) is 15.9. The van der Waals surface area contributed by atoms with Gasteiger partial charge in [0.2, 0.25) is 0 Å². The predicted octanol–water partition coefficient (Wildman–Crippen LogP) is 2.76. The Morgan fingerprint density at radius 2 is 1.85 bits per heavy atom. The molecular weight excluding hydrogens is 340 g/mol. The molecule has 2 aromatic carbocycles. The molecule has 1 aromatic heterocycles. The third-order valence-electron chi connectivity index (χ3n) is 4.74. The number of rotatable bonds is 5. The normalized spacial score (nSPS) is 12.9. The second-order valence-electron chi connectivity index (χ2n) is 7.84. The number of nitrogens with two attached hydrogens (primary N) is 1. The molecule has 0 saturated heterocycles. The van der Waals surface area contributed by atoms with Crippen molar-refractivity contribution in [2.45, 2.75) is 45.2 Å². The third kappa shape index (κ3) is 4.18. The molecule has 3 rings (SSSR count). The summed E-state index contributed by atoms with van der Waals surface area (Å²) in [7, 11) is 0. The van der Waals surface area contributed by atoms with Crippen LogP contribution in [0.25, 0.3) is 11.0 Å². The second-order valence-corrected chi connectivity index (χ2v) is 7.84. The molecule has 0 aliphatic rings. The van der Waals surface area contributed by atoms with E-state index in [0.717, 1.165) is 16.6 Å². The van der Waals surface area contributed by atoms with Crippen molar-refractivity contribution in [3.05, 3.63) is 65.5 Å². The quantitative estimate of drug-likeness (QED) is 0.478. The maximum atomic E-state index is 11.6. The largest absolute Gasteiger partial charge is 0.323 e. The number of nitrogens with one attached hydrogen (secondary N) is 1. The van der Waals surface area contributed by atoms with Crippen LogP contribution in [0.4, 0.5) is 0 Å². The molecule has 0 radical (unpaired) electrons. The van der Waals surface area contributed by atoms with Crippen LogP contribution in [0.5, 0.6) is 0 Å². The topological polar surface area (TPSA) is 93.2 Å². The number of para-hydroxylation sites is 2. The Bertz CT molecular complexity index is 939. The number of hydrogen-bond donors (Lipinski definition) is 3. The molecular formula is C21H26N4O2. The van der Waals surface area contributed by atoms with Crippen molar-refractivity contribution in [2.75, 3.05) is 0 Å². The molecule has 0 saturated carbocycles. The molecule has 3 aromatic rings. The highest BCUT2D eigenvalue weighted by Gasteiger charge is 2.19. The van der Waals surface area contributed by atoms with Crippen LogP contribution in [0.15, 0.2) is 48.5 Å². The van der Waals surface area contributed by atoms with E-state index in [1.54, 1.807) is 5.48 Å². The molecule has 6 heteroatoms. The summed E-state index contributed by atoms with van der Waals surface area (Å²) in [6.45, 7) is 7.21. The molecule has 0 fully saturated rings. The first-order valence-electron chi connectivity index (χ1n) is 9.02. The Balaban J connectivity index is 1.94. The summed E-state index contributed by atoms with van der Waals surface area (Å²) < 4.78 is 2.08. The highest BCUT2D eigenvalue weighted by molar-refractivity contribution is 5.81. The Morgan fingerprint density at radius 1 is 1.19 bits per heavy atom. The van der Waals surface area contributed by atoms with E-state index in [2.05, 4.69) is 54.6 Å². The van der Waals surface area contributed by atoms with Crippen molar-refractivity contribution in [2.24, 2.45) is 5.73 Å². The summed E-state index contributed by atoms with van der Waals surface area (Å²) in [4.78, 5) is 16.3. The third-order valence-corrected chi connectivity index (χ3v) is 4.74. The lowest BCUT2D eigenvalue weighted by atomic mass is 9.87. The lowest BCUT2D eigenvalue weighted by Gasteiger charge is -2.19.